The highest BCUT2D eigenvalue weighted by Gasteiger charge is 2.32. The minimum absolute atomic E-state index is 0.108. The normalized spacial score (nSPS) is 22.5. The van der Waals surface area contributed by atoms with Crippen molar-refractivity contribution in [3.8, 4) is 5.75 Å². The van der Waals surface area contributed by atoms with E-state index in [0.29, 0.717) is 18.0 Å². The predicted molar refractivity (Wildman–Crippen MR) is 82.9 cm³/mol. The number of halogens is 1. The second kappa shape index (κ2) is 5.18. The van der Waals surface area contributed by atoms with E-state index in [1.807, 2.05) is 29.7 Å². The van der Waals surface area contributed by atoms with Crippen LogP contribution < -0.4 is 4.74 Å². The molecule has 2 atom stereocenters. The van der Waals surface area contributed by atoms with Crippen molar-refractivity contribution in [1.29, 1.82) is 0 Å². The fourth-order valence-corrected chi connectivity index (χ4v) is 4.77. The fourth-order valence-electron chi connectivity index (χ4n) is 2.92. The van der Waals surface area contributed by atoms with Crippen LogP contribution in [0.3, 0.4) is 0 Å². The molecule has 7 heteroatoms. The summed E-state index contributed by atoms with van der Waals surface area (Å²) in [6.07, 6.45) is 0.599. The second-order valence-corrected chi connectivity index (χ2v) is 8.22. The maximum atomic E-state index is 11.8. The molecule has 2 aromatic rings. The molecule has 2 heterocycles. The third-order valence-corrected chi connectivity index (χ3v) is 5.81. The Kier molecular flexibility index (Phi) is 3.61. The molecule has 0 saturated carbocycles. The van der Waals surface area contributed by atoms with Crippen molar-refractivity contribution in [2.24, 2.45) is 0 Å². The smallest absolute Gasteiger partial charge is 0.152 e. The number of ether oxygens (including phenoxy) is 1. The number of methoxy groups -OCH3 is 1. The van der Waals surface area contributed by atoms with Gasteiger partial charge in [-0.3, -0.25) is 0 Å². The molecule has 1 aliphatic heterocycles. The first-order chi connectivity index (χ1) is 9.93. The van der Waals surface area contributed by atoms with E-state index in [1.54, 1.807) is 7.11 Å². The van der Waals surface area contributed by atoms with Gasteiger partial charge in [-0.2, -0.15) is 0 Å². The van der Waals surface area contributed by atoms with E-state index in [1.165, 1.54) is 0 Å². The lowest BCUT2D eigenvalue weighted by molar-refractivity contribution is 0.419. The number of alkyl halides is 1. The zero-order valence-electron chi connectivity index (χ0n) is 11.9. The van der Waals surface area contributed by atoms with Crippen LogP contribution in [0.4, 0.5) is 0 Å². The highest BCUT2D eigenvalue weighted by Crippen LogP contribution is 2.35. The van der Waals surface area contributed by atoms with Gasteiger partial charge < -0.3 is 9.30 Å². The second-order valence-electron chi connectivity index (χ2n) is 5.34. The molecule has 0 bridgehead atoms. The maximum absolute atomic E-state index is 11.8. The summed E-state index contributed by atoms with van der Waals surface area (Å²) in [5, 5.41) is -0.301. The van der Waals surface area contributed by atoms with Crippen LogP contribution in [0.5, 0.6) is 5.75 Å². The predicted octanol–water partition coefficient (Wildman–Crippen LogP) is 2.70. The highest BCUT2D eigenvalue weighted by atomic mass is 35.5. The van der Waals surface area contributed by atoms with E-state index >= 15 is 0 Å². The Bertz CT molecular complexity index is 783. The van der Waals surface area contributed by atoms with Crippen LogP contribution in [0.15, 0.2) is 18.2 Å². The van der Waals surface area contributed by atoms with Crippen molar-refractivity contribution in [3.63, 3.8) is 0 Å². The van der Waals surface area contributed by atoms with Gasteiger partial charge in [-0.25, -0.2) is 13.4 Å². The van der Waals surface area contributed by atoms with Crippen LogP contribution in [0.25, 0.3) is 11.0 Å². The average molecular weight is 329 g/mol. The van der Waals surface area contributed by atoms with E-state index in [4.69, 9.17) is 16.3 Å². The molecule has 0 spiro atoms. The molecule has 1 aromatic carbocycles. The molecule has 0 amide bonds. The number of hydrogen-bond donors (Lipinski definition) is 0. The standard InChI is InChI=1S/C14H17ClN2O3S/c1-9(15)14-16-13-11(4-3-5-12(13)20-2)17(14)10-6-7-21(18,19)8-10/h3-5,9-10H,6-8H2,1-2H3. The summed E-state index contributed by atoms with van der Waals surface area (Å²) in [7, 11) is -1.38. The van der Waals surface area contributed by atoms with Crippen LogP contribution in [0, 0.1) is 0 Å². The van der Waals surface area contributed by atoms with Gasteiger partial charge in [-0.05, 0) is 25.5 Å². The first-order valence-corrected chi connectivity index (χ1v) is 9.08. The number of nitrogens with zero attached hydrogens (tertiary/aromatic N) is 2. The molecule has 0 radical (unpaired) electrons. The molecule has 1 aliphatic rings. The molecule has 2 unspecified atom stereocenters. The van der Waals surface area contributed by atoms with Gasteiger partial charge in [0, 0.05) is 0 Å². The van der Waals surface area contributed by atoms with Gasteiger partial charge in [-0.15, -0.1) is 11.6 Å². The summed E-state index contributed by atoms with van der Waals surface area (Å²) in [5.41, 5.74) is 1.60. The van der Waals surface area contributed by atoms with Crippen molar-refractivity contribution in [2.75, 3.05) is 18.6 Å². The van der Waals surface area contributed by atoms with E-state index < -0.39 is 9.84 Å². The van der Waals surface area contributed by atoms with Crippen molar-refractivity contribution in [1.82, 2.24) is 9.55 Å². The molecule has 21 heavy (non-hydrogen) atoms. The molecular weight excluding hydrogens is 312 g/mol. The molecule has 1 aromatic heterocycles. The van der Waals surface area contributed by atoms with Crippen LogP contribution in [0.1, 0.15) is 30.6 Å². The minimum atomic E-state index is -2.97. The van der Waals surface area contributed by atoms with Crippen molar-refractivity contribution < 1.29 is 13.2 Å². The van der Waals surface area contributed by atoms with E-state index in [9.17, 15) is 8.42 Å². The van der Waals surface area contributed by atoms with Gasteiger partial charge in [0.1, 0.15) is 17.1 Å². The van der Waals surface area contributed by atoms with Crippen LogP contribution in [-0.2, 0) is 9.84 Å². The van der Waals surface area contributed by atoms with E-state index in [-0.39, 0.29) is 22.9 Å². The first-order valence-electron chi connectivity index (χ1n) is 6.82. The zero-order valence-corrected chi connectivity index (χ0v) is 13.5. The molecule has 1 saturated heterocycles. The Morgan fingerprint density at radius 2 is 2.24 bits per heavy atom. The summed E-state index contributed by atoms with van der Waals surface area (Å²) in [5.74, 6) is 1.73. The Morgan fingerprint density at radius 3 is 2.81 bits per heavy atom. The third kappa shape index (κ3) is 2.51. The largest absolute Gasteiger partial charge is 0.494 e. The summed E-state index contributed by atoms with van der Waals surface area (Å²) >= 11 is 6.25. The molecule has 0 N–H and O–H groups in total. The summed E-state index contributed by atoms with van der Waals surface area (Å²) in [6.45, 7) is 1.84. The third-order valence-electron chi connectivity index (χ3n) is 3.86. The number of rotatable bonds is 3. The van der Waals surface area contributed by atoms with Gasteiger partial charge in [-0.1, -0.05) is 6.07 Å². The van der Waals surface area contributed by atoms with Crippen LogP contribution in [-0.4, -0.2) is 36.6 Å². The molecule has 1 fully saturated rings. The first kappa shape index (κ1) is 14.7. The summed E-state index contributed by atoms with van der Waals surface area (Å²) in [4.78, 5) is 4.59. The number of benzene rings is 1. The van der Waals surface area contributed by atoms with Crippen LogP contribution >= 0.6 is 11.6 Å². The average Bonchev–Trinajstić information content (AvgIpc) is 2.98. The topological polar surface area (TPSA) is 61.2 Å². The van der Waals surface area contributed by atoms with Gasteiger partial charge in [0.15, 0.2) is 9.84 Å². The lowest BCUT2D eigenvalue weighted by atomic mass is 10.2. The van der Waals surface area contributed by atoms with Crippen molar-refractivity contribution in [3.05, 3.63) is 24.0 Å². The minimum Gasteiger partial charge on any atom is -0.494 e. The number of fused-ring (bicyclic) bond motifs is 1. The highest BCUT2D eigenvalue weighted by molar-refractivity contribution is 7.91. The monoisotopic (exact) mass is 328 g/mol. The number of hydrogen-bond acceptors (Lipinski definition) is 4. The lowest BCUT2D eigenvalue weighted by Crippen LogP contribution is -2.14. The lowest BCUT2D eigenvalue weighted by Gasteiger charge is -2.16. The molecule has 3 rings (SSSR count). The van der Waals surface area contributed by atoms with E-state index in [2.05, 4.69) is 4.98 Å². The molecule has 114 valence electrons. The molecule has 5 nitrogen and oxygen atoms in total. The SMILES string of the molecule is COc1cccc2c1nc(C(C)Cl)n2C1CCS(=O)(=O)C1. The van der Waals surface area contributed by atoms with Gasteiger partial charge in [0.2, 0.25) is 0 Å². The number of imidazole rings is 1. The summed E-state index contributed by atoms with van der Waals surface area (Å²) < 4.78 is 30.9. The summed E-state index contributed by atoms with van der Waals surface area (Å²) in [6, 6.07) is 5.54. The van der Waals surface area contributed by atoms with Crippen LogP contribution in [0.2, 0.25) is 0 Å². The Balaban J connectivity index is 2.22. The number of para-hydroxylation sites is 1. The van der Waals surface area contributed by atoms with Gasteiger partial charge >= 0.3 is 0 Å². The fraction of sp³-hybridized carbons (Fsp3) is 0.500. The number of sulfone groups is 1. The maximum Gasteiger partial charge on any atom is 0.152 e. The van der Waals surface area contributed by atoms with Crippen molar-refractivity contribution in [2.45, 2.75) is 24.8 Å². The van der Waals surface area contributed by atoms with E-state index in [0.717, 1.165) is 11.0 Å². The Labute approximate surface area is 128 Å². The zero-order chi connectivity index (χ0) is 15.2. The Morgan fingerprint density at radius 1 is 1.48 bits per heavy atom. The molecular formula is C14H17ClN2O3S. The van der Waals surface area contributed by atoms with Gasteiger partial charge in [0.05, 0.1) is 35.6 Å². The Hall–Kier alpha value is -1.27. The van der Waals surface area contributed by atoms with Crippen molar-refractivity contribution >= 4 is 32.5 Å². The van der Waals surface area contributed by atoms with Gasteiger partial charge in [0.25, 0.3) is 0 Å². The number of aromatic nitrogens is 2. The quantitative estimate of drug-likeness (QED) is 0.813. The molecule has 0 aliphatic carbocycles.